The molecule has 5 nitrogen and oxygen atoms in total. The van der Waals surface area contributed by atoms with Gasteiger partial charge in [-0.25, -0.2) is 5.06 Å². The molecule has 1 aromatic carbocycles. The lowest BCUT2D eigenvalue weighted by atomic mass is 10.3. The molecule has 0 saturated heterocycles. The minimum absolute atomic E-state index is 0.0572. The van der Waals surface area contributed by atoms with Gasteiger partial charge in [-0.05, 0) is 31.2 Å². The number of likely N-dealkylation sites (N-methyl/N-ethyl adjacent to an activating group) is 1. The van der Waals surface area contributed by atoms with Crippen LogP contribution in [-0.2, 0) is 9.63 Å². The van der Waals surface area contributed by atoms with Crippen molar-refractivity contribution in [1.29, 1.82) is 0 Å². The highest BCUT2D eigenvalue weighted by atomic mass is 16.7. The number of rotatable bonds is 6. The number of hydrogen-bond acceptors (Lipinski definition) is 4. The normalized spacial score (nSPS) is 9.82. The van der Waals surface area contributed by atoms with Gasteiger partial charge in [0.05, 0.1) is 13.7 Å². The van der Waals surface area contributed by atoms with E-state index in [-0.39, 0.29) is 12.5 Å². The van der Waals surface area contributed by atoms with Gasteiger partial charge in [0.25, 0.3) is 5.91 Å². The average Bonchev–Trinajstić information content (AvgIpc) is 2.37. The van der Waals surface area contributed by atoms with E-state index in [1.807, 2.05) is 6.92 Å². The maximum absolute atomic E-state index is 11.4. The molecule has 0 heterocycles. The minimum Gasteiger partial charge on any atom is -0.494 e. The van der Waals surface area contributed by atoms with Gasteiger partial charge in [-0.15, -0.1) is 0 Å². The van der Waals surface area contributed by atoms with Crippen LogP contribution in [0.3, 0.4) is 0 Å². The van der Waals surface area contributed by atoms with Gasteiger partial charge in [-0.2, -0.15) is 0 Å². The van der Waals surface area contributed by atoms with Gasteiger partial charge in [0.15, 0.2) is 6.61 Å². The molecule has 0 radical (unpaired) electrons. The van der Waals surface area contributed by atoms with E-state index in [0.717, 1.165) is 10.8 Å². The van der Waals surface area contributed by atoms with Crippen LogP contribution in [0.15, 0.2) is 24.3 Å². The smallest absolute Gasteiger partial charge is 0.283 e. The van der Waals surface area contributed by atoms with E-state index in [4.69, 9.17) is 14.3 Å². The molecule has 0 saturated carbocycles. The molecule has 0 bridgehead atoms. The summed E-state index contributed by atoms with van der Waals surface area (Å²) in [7, 11) is 2.96. The number of hydroxylamine groups is 2. The van der Waals surface area contributed by atoms with Gasteiger partial charge >= 0.3 is 0 Å². The molecule has 0 fully saturated rings. The summed E-state index contributed by atoms with van der Waals surface area (Å²) >= 11 is 0. The van der Waals surface area contributed by atoms with Crippen LogP contribution in [0.1, 0.15) is 6.92 Å². The molecule has 0 aliphatic heterocycles. The van der Waals surface area contributed by atoms with E-state index < -0.39 is 0 Å². The Morgan fingerprint density at radius 1 is 1.18 bits per heavy atom. The summed E-state index contributed by atoms with van der Waals surface area (Å²) in [5, 5.41) is 1.12. The Kier molecular flexibility index (Phi) is 5.29. The van der Waals surface area contributed by atoms with E-state index in [0.29, 0.717) is 12.4 Å². The molecular formula is C12H17NO4. The first kappa shape index (κ1) is 13.3. The van der Waals surface area contributed by atoms with Crippen molar-refractivity contribution < 1.29 is 19.1 Å². The first-order chi connectivity index (χ1) is 8.17. The standard InChI is InChI=1S/C12H17NO4/c1-4-16-10-5-7-11(8-6-10)17-9-12(14)13(2)15-3/h5-8H,4,9H2,1-3H3. The molecule has 0 aromatic heterocycles. The molecule has 0 spiro atoms. The van der Waals surface area contributed by atoms with Crippen molar-refractivity contribution >= 4 is 5.91 Å². The summed E-state index contributed by atoms with van der Waals surface area (Å²) in [6, 6.07) is 7.10. The third kappa shape index (κ3) is 4.32. The molecule has 0 N–H and O–H groups in total. The Morgan fingerprint density at radius 3 is 2.18 bits per heavy atom. The van der Waals surface area contributed by atoms with Crippen LogP contribution in [0, 0.1) is 0 Å². The topological polar surface area (TPSA) is 48.0 Å². The number of nitrogens with zero attached hydrogens (tertiary/aromatic N) is 1. The summed E-state index contributed by atoms with van der Waals surface area (Å²) in [5.41, 5.74) is 0. The molecule has 0 aliphatic carbocycles. The number of hydrogen-bond donors (Lipinski definition) is 0. The van der Waals surface area contributed by atoms with Crippen LogP contribution in [-0.4, -0.2) is 38.3 Å². The highest BCUT2D eigenvalue weighted by Gasteiger charge is 2.08. The SMILES string of the molecule is CCOc1ccc(OCC(=O)N(C)OC)cc1. The zero-order valence-electron chi connectivity index (χ0n) is 10.3. The van der Waals surface area contributed by atoms with Crippen molar-refractivity contribution in [2.45, 2.75) is 6.92 Å². The predicted octanol–water partition coefficient (Wildman–Crippen LogP) is 1.48. The van der Waals surface area contributed by atoms with Crippen LogP contribution in [0.5, 0.6) is 11.5 Å². The van der Waals surface area contributed by atoms with Crippen LogP contribution < -0.4 is 9.47 Å². The first-order valence-electron chi connectivity index (χ1n) is 5.33. The molecule has 1 amide bonds. The second-order valence-electron chi connectivity index (χ2n) is 3.27. The lowest BCUT2D eigenvalue weighted by Crippen LogP contribution is -2.30. The van der Waals surface area contributed by atoms with Gasteiger partial charge < -0.3 is 9.47 Å². The molecule has 94 valence electrons. The van der Waals surface area contributed by atoms with E-state index in [9.17, 15) is 4.79 Å². The van der Waals surface area contributed by atoms with E-state index >= 15 is 0 Å². The second kappa shape index (κ2) is 6.75. The Labute approximate surface area is 101 Å². The van der Waals surface area contributed by atoms with Gasteiger partial charge in [0.2, 0.25) is 0 Å². The van der Waals surface area contributed by atoms with Gasteiger partial charge in [0.1, 0.15) is 11.5 Å². The Hall–Kier alpha value is -1.75. The second-order valence-corrected chi connectivity index (χ2v) is 3.27. The zero-order chi connectivity index (χ0) is 12.7. The quantitative estimate of drug-likeness (QED) is 0.705. The third-order valence-corrected chi connectivity index (χ3v) is 2.12. The summed E-state index contributed by atoms with van der Waals surface area (Å²) in [6.45, 7) is 2.49. The molecule has 1 rings (SSSR count). The fourth-order valence-corrected chi connectivity index (χ4v) is 1.14. The summed E-state index contributed by atoms with van der Waals surface area (Å²) < 4.78 is 10.6. The molecule has 0 atom stereocenters. The van der Waals surface area contributed by atoms with Crippen molar-refractivity contribution in [3.8, 4) is 11.5 Å². The van der Waals surface area contributed by atoms with Gasteiger partial charge in [-0.3, -0.25) is 9.63 Å². The monoisotopic (exact) mass is 239 g/mol. The predicted molar refractivity (Wildman–Crippen MR) is 62.9 cm³/mol. The van der Waals surface area contributed by atoms with Gasteiger partial charge in [0, 0.05) is 7.05 Å². The van der Waals surface area contributed by atoms with Crippen LogP contribution in [0.2, 0.25) is 0 Å². The molecule has 0 unspecified atom stereocenters. The Bertz CT molecular complexity index is 350. The van der Waals surface area contributed by atoms with Crippen LogP contribution in [0.4, 0.5) is 0 Å². The molecule has 17 heavy (non-hydrogen) atoms. The summed E-state index contributed by atoms with van der Waals surface area (Å²) in [4.78, 5) is 16.1. The van der Waals surface area contributed by atoms with Crippen molar-refractivity contribution in [2.75, 3.05) is 27.4 Å². The first-order valence-corrected chi connectivity index (χ1v) is 5.33. The third-order valence-electron chi connectivity index (χ3n) is 2.12. The summed E-state index contributed by atoms with van der Waals surface area (Å²) in [5.74, 6) is 1.15. The van der Waals surface area contributed by atoms with E-state index in [1.54, 1.807) is 24.3 Å². The number of benzene rings is 1. The number of carbonyl (C=O) groups excluding carboxylic acids is 1. The summed E-state index contributed by atoms with van der Waals surface area (Å²) in [6.07, 6.45) is 0. The number of carbonyl (C=O) groups is 1. The van der Waals surface area contributed by atoms with Crippen molar-refractivity contribution in [3.63, 3.8) is 0 Å². The van der Waals surface area contributed by atoms with Crippen LogP contribution in [0.25, 0.3) is 0 Å². The number of ether oxygens (including phenoxy) is 2. The molecule has 5 heteroatoms. The molecular weight excluding hydrogens is 222 g/mol. The fourth-order valence-electron chi connectivity index (χ4n) is 1.14. The highest BCUT2D eigenvalue weighted by Crippen LogP contribution is 2.17. The Balaban J connectivity index is 2.44. The number of amides is 1. The minimum atomic E-state index is -0.249. The van der Waals surface area contributed by atoms with Crippen molar-refractivity contribution in [2.24, 2.45) is 0 Å². The van der Waals surface area contributed by atoms with Crippen molar-refractivity contribution in [3.05, 3.63) is 24.3 Å². The zero-order valence-corrected chi connectivity index (χ0v) is 10.3. The lowest BCUT2D eigenvalue weighted by molar-refractivity contribution is -0.170. The van der Waals surface area contributed by atoms with E-state index in [2.05, 4.69) is 0 Å². The molecule has 1 aromatic rings. The van der Waals surface area contributed by atoms with Gasteiger partial charge in [-0.1, -0.05) is 0 Å². The van der Waals surface area contributed by atoms with Crippen molar-refractivity contribution in [1.82, 2.24) is 5.06 Å². The average molecular weight is 239 g/mol. The fraction of sp³-hybridized carbons (Fsp3) is 0.417. The lowest BCUT2D eigenvalue weighted by Gasteiger charge is -2.14. The Morgan fingerprint density at radius 2 is 1.71 bits per heavy atom. The maximum atomic E-state index is 11.4. The van der Waals surface area contributed by atoms with Crippen LogP contribution >= 0.6 is 0 Å². The highest BCUT2D eigenvalue weighted by molar-refractivity contribution is 5.76. The molecule has 0 aliphatic rings. The largest absolute Gasteiger partial charge is 0.494 e. The van der Waals surface area contributed by atoms with E-state index in [1.165, 1.54) is 14.2 Å². The maximum Gasteiger partial charge on any atom is 0.283 e.